The van der Waals surface area contributed by atoms with Crippen molar-refractivity contribution in [3.8, 4) is 0 Å². The summed E-state index contributed by atoms with van der Waals surface area (Å²) in [5.41, 5.74) is 0.261. The van der Waals surface area contributed by atoms with Crippen molar-refractivity contribution in [2.45, 2.75) is 45.8 Å². The van der Waals surface area contributed by atoms with E-state index in [4.69, 9.17) is 4.74 Å². The van der Waals surface area contributed by atoms with E-state index in [9.17, 15) is 4.79 Å². The molecule has 9 nitrogen and oxygen atoms in total. The highest BCUT2D eigenvalue weighted by Gasteiger charge is 2.17. The van der Waals surface area contributed by atoms with E-state index in [2.05, 4.69) is 30.9 Å². The van der Waals surface area contributed by atoms with Crippen LogP contribution in [0.15, 0.2) is 6.20 Å². The number of tetrazole rings is 1. The average Bonchev–Trinajstić information content (AvgIpc) is 2.94. The van der Waals surface area contributed by atoms with Crippen molar-refractivity contribution in [1.82, 2.24) is 35.6 Å². The average molecular weight is 279 g/mol. The van der Waals surface area contributed by atoms with Crippen LogP contribution in [0.2, 0.25) is 0 Å². The number of hydrogen-bond donors (Lipinski definition) is 1. The van der Waals surface area contributed by atoms with E-state index in [1.807, 2.05) is 20.8 Å². The lowest BCUT2D eigenvalue weighted by atomic mass is 10.2. The molecule has 2 heterocycles. The van der Waals surface area contributed by atoms with Crippen LogP contribution < -0.4 is 0 Å². The van der Waals surface area contributed by atoms with Crippen LogP contribution in [-0.4, -0.2) is 47.2 Å². The molecule has 2 aromatic rings. The molecule has 2 rings (SSSR count). The summed E-state index contributed by atoms with van der Waals surface area (Å²) >= 11 is 0. The maximum Gasteiger partial charge on any atom is 0.328 e. The summed E-state index contributed by atoms with van der Waals surface area (Å²) in [4.78, 5) is 11.6. The van der Waals surface area contributed by atoms with Gasteiger partial charge in [-0.15, -0.1) is 15.3 Å². The molecule has 0 aliphatic carbocycles. The maximum atomic E-state index is 11.6. The molecule has 0 amide bonds. The highest BCUT2D eigenvalue weighted by Crippen LogP contribution is 2.07. The van der Waals surface area contributed by atoms with Gasteiger partial charge in [-0.3, -0.25) is 4.79 Å². The van der Waals surface area contributed by atoms with Gasteiger partial charge in [-0.25, -0.2) is 4.68 Å². The molecule has 20 heavy (non-hydrogen) atoms. The number of aromatic amines is 1. The van der Waals surface area contributed by atoms with Crippen molar-refractivity contribution in [1.29, 1.82) is 0 Å². The van der Waals surface area contributed by atoms with E-state index in [0.717, 1.165) is 5.69 Å². The Kier molecular flexibility index (Phi) is 4.06. The van der Waals surface area contributed by atoms with Crippen LogP contribution in [0.25, 0.3) is 0 Å². The lowest BCUT2D eigenvalue weighted by molar-refractivity contribution is -0.155. The fourth-order valence-corrected chi connectivity index (χ4v) is 1.56. The number of esters is 1. The van der Waals surface area contributed by atoms with Crippen molar-refractivity contribution in [2.75, 3.05) is 0 Å². The zero-order valence-electron chi connectivity index (χ0n) is 11.7. The first kappa shape index (κ1) is 14.1. The highest BCUT2D eigenvalue weighted by atomic mass is 16.6. The second-order valence-corrected chi connectivity index (χ2v) is 5.32. The Balaban J connectivity index is 1.84. The van der Waals surface area contributed by atoms with E-state index in [0.29, 0.717) is 18.7 Å². The van der Waals surface area contributed by atoms with Gasteiger partial charge in [-0.2, -0.15) is 5.21 Å². The molecule has 0 fully saturated rings. The highest BCUT2D eigenvalue weighted by molar-refractivity contribution is 5.69. The van der Waals surface area contributed by atoms with Crippen molar-refractivity contribution in [3.63, 3.8) is 0 Å². The Hall–Kier alpha value is -2.32. The standard InChI is InChI=1S/C11H17N7O2/c1-11(2,3)20-10(19)7-18-6-8(12-17-18)4-5-9-13-15-16-14-9/h6H,4-5,7H2,1-3H3,(H,13,14,15,16). The fourth-order valence-electron chi connectivity index (χ4n) is 1.56. The normalized spacial score (nSPS) is 11.6. The first-order chi connectivity index (χ1) is 9.42. The minimum atomic E-state index is -0.501. The molecule has 0 aromatic carbocycles. The van der Waals surface area contributed by atoms with Gasteiger partial charge in [0.15, 0.2) is 5.82 Å². The number of nitrogens with one attached hydrogen (secondary N) is 1. The zero-order valence-corrected chi connectivity index (χ0v) is 11.7. The Morgan fingerprint density at radius 3 is 2.80 bits per heavy atom. The smallest absolute Gasteiger partial charge is 0.328 e. The first-order valence-electron chi connectivity index (χ1n) is 6.25. The zero-order chi connectivity index (χ0) is 14.6. The molecule has 1 N–H and O–H groups in total. The quantitative estimate of drug-likeness (QED) is 0.762. The first-order valence-corrected chi connectivity index (χ1v) is 6.25. The largest absolute Gasteiger partial charge is 0.459 e. The number of carbonyl (C=O) groups excluding carboxylic acids is 1. The lowest BCUT2D eigenvalue weighted by Crippen LogP contribution is -2.26. The van der Waals surface area contributed by atoms with Crippen molar-refractivity contribution < 1.29 is 9.53 Å². The van der Waals surface area contributed by atoms with E-state index in [-0.39, 0.29) is 12.5 Å². The van der Waals surface area contributed by atoms with Crippen molar-refractivity contribution in [3.05, 3.63) is 17.7 Å². The number of rotatable bonds is 5. The summed E-state index contributed by atoms with van der Waals surface area (Å²) in [6.07, 6.45) is 2.96. The topological polar surface area (TPSA) is 111 Å². The number of nitrogens with zero attached hydrogens (tertiary/aromatic N) is 6. The van der Waals surface area contributed by atoms with Gasteiger partial charge in [-0.1, -0.05) is 10.4 Å². The molecule has 9 heteroatoms. The van der Waals surface area contributed by atoms with Gasteiger partial charge >= 0.3 is 5.97 Å². The third kappa shape index (κ3) is 4.41. The van der Waals surface area contributed by atoms with Crippen LogP contribution >= 0.6 is 0 Å². The molecule has 0 saturated carbocycles. The molecule has 0 bridgehead atoms. The molecule has 0 aliphatic heterocycles. The van der Waals surface area contributed by atoms with E-state index < -0.39 is 5.60 Å². The third-order valence-electron chi connectivity index (χ3n) is 2.29. The summed E-state index contributed by atoms with van der Waals surface area (Å²) in [6, 6.07) is 0. The summed E-state index contributed by atoms with van der Waals surface area (Å²) < 4.78 is 6.67. The predicted octanol–water partition coefficient (Wildman–Crippen LogP) is -0.0819. The number of hydrogen-bond acceptors (Lipinski definition) is 7. The summed E-state index contributed by atoms with van der Waals surface area (Å²) in [7, 11) is 0. The van der Waals surface area contributed by atoms with Crippen molar-refractivity contribution >= 4 is 5.97 Å². The molecule has 0 spiro atoms. The third-order valence-corrected chi connectivity index (χ3v) is 2.29. The molecule has 0 atom stereocenters. The monoisotopic (exact) mass is 279 g/mol. The number of ether oxygens (including phenoxy) is 1. The fraction of sp³-hybridized carbons (Fsp3) is 0.636. The number of carbonyl (C=O) groups is 1. The van der Waals surface area contributed by atoms with Gasteiger partial charge in [0.1, 0.15) is 12.1 Å². The molecule has 0 radical (unpaired) electrons. The Morgan fingerprint density at radius 2 is 2.15 bits per heavy atom. The minimum Gasteiger partial charge on any atom is -0.459 e. The second kappa shape index (κ2) is 5.76. The van der Waals surface area contributed by atoms with Gasteiger partial charge in [-0.05, 0) is 20.8 Å². The Bertz CT molecular complexity index is 556. The maximum absolute atomic E-state index is 11.6. The number of aryl methyl sites for hydroxylation is 2. The van der Waals surface area contributed by atoms with Crippen LogP contribution in [0.5, 0.6) is 0 Å². The van der Waals surface area contributed by atoms with Gasteiger partial charge in [0.2, 0.25) is 0 Å². The molecular formula is C11H17N7O2. The number of aromatic nitrogens is 7. The molecular weight excluding hydrogens is 262 g/mol. The second-order valence-electron chi connectivity index (χ2n) is 5.32. The van der Waals surface area contributed by atoms with E-state index in [1.165, 1.54) is 4.68 Å². The van der Waals surface area contributed by atoms with Crippen LogP contribution in [0.4, 0.5) is 0 Å². The van der Waals surface area contributed by atoms with E-state index >= 15 is 0 Å². The molecule has 108 valence electrons. The van der Waals surface area contributed by atoms with Crippen LogP contribution in [0.3, 0.4) is 0 Å². The Morgan fingerprint density at radius 1 is 1.35 bits per heavy atom. The lowest BCUT2D eigenvalue weighted by Gasteiger charge is -2.19. The minimum absolute atomic E-state index is 0.0481. The van der Waals surface area contributed by atoms with Gasteiger partial charge < -0.3 is 4.74 Å². The molecule has 2 aromatic heterocycles. The van der Waals surface area contributed by atoms with Crippen molar-refractivity contribution in [2.24, 2.45) is 0 Å². The predicted molar refractivity (Wildman–Crippen MR) is 67.5 cm³/mol. The molecule has 0 saturated heterocycles. The Labute approximate surface area is 115 Å². The molecule has 0 aliphatic rings. The molecule has 0 unspecified atom stereocenters. The van der Waals surface area contributed by atoms with Crippen LogP contribution in [0.1, 0.15) is 32.3 Å². The summed E-state index contributed by atoms with van der Waals surface area (Å²) in [5.74, 6) is 0.277. The van der Waals surface area contributed by atoms with Gasteiger partial charge in [0, 0.05) is 19.0 Å². The summed E-state index contributed by atoms with van der Waals surface area (Å²) in [6.45, 7) is 5.51. The van der Waals surface area contributed by atoms with Gasteiger partial charge in [0.25, 0.3) is 0 Å². The van der Waals surface area contributed by atoms with E-state index in [1.54, 1.807) is 6.20 Å². The van der Waals surface area contributed by atoms with Gasteiger partial charge in [0.05, 0.1) is 5.69 Å². The number of H-pyrrole nitrogens is 1. The van der Waals surface area contributed by atoms with Crippen LogP contribution in [0, 0.1) is 0 Å². The SMILES string of the molecule is CC(C)(C)OC(=O)Cn1cc(CCc2nn[nH]n2)nn1. The van der Waals surface area contributed by atoms with Crippen LogP contribution in [-0.2, 0) is 28.9 Å². The summed E-state index contributed by atoms with van der Waals surface area (Å²) in [5, 5.41) is 21.4.